The topological polar surface area (TPSA) is 97.2 Å². The van der Waals surface area contributed by atoms with Crippen LogP contribution in [0.3, 0.4) is 0 Å². The molecule has 2 N–H and O–H groups in total. The van der Waals surface area contributed by atoms with Gasteiger partial charge in [0.05, 0.1) is 37.7 Å². The summed E-state index contributed by atoms with van der Waals surface area (Å²) in [5.41, 5.74) is 3.47. The summed E-state index contributed by atoms with van der Waals surface area (Å²) in [6.45, 7) is 1.90. The third-order valence-corrected chi connectivity index (χ3v) is 6.40. The predicted octanol–water partition coefficient (Wildman–Crippen LogP) is 6.16. The molecule has 1 atom stereocenters. The number of nitrogens with zero attached hydrogens (tertiary/aromatic N) is 1. The van der Waals surface area contributed by atoms with Crippen LogP contribution in [0.2, 0.25) is 0 Å². The van der Waals surface area contributed by atoms with Crippen molar-refractivity contribution < 1.29 is 18.7 Å². The van der Waals surface area contributed by atoms with Crippen LogP contribution in [0.25, 0.3) is 22.2 Å². The monoisotopic (exact) mass is 487 g/mol. The third-order valence-electron chi connectivity index (χ3n) is 6.40. The van der Waals surface area contributed by atoms with Crippen LogP contribution in [0, 0.1) is 0 Å². The average molecular weight is 488 g/mol. The van der Waals surface area contributed by atoms with Gasteiger partial charge in [-0.1, -0.05) is 50.1 Å². The van der Waals surface area contributed by atoms with E-state index in [1.54, 1.807) is 19.6 Å². The number of Topliss-reactive ketones (excluding diaryl/α,β-unsaturated/α-hetero) is 1. The first kappa shape index (κ1) is 25.2. The standard InChI is InChI=1S/C29H33N3O4/c1-3-22(33)12-8-5-9-13-25(29-30-18-26(32-29)20-10-6-4-7-11-20)31-28(34)16-21-19-36-27-17-23(35-2)14-15-24(21)27/h4,6-7,10-11,14-15,17-19,25H,3,5,8-9,12-13,16H2,1-2H3,(H,30,32)(H,31,34)/t25-/m0/s1. The number of carbonyl (C=O) groups excluding carboxylic acids is 2. The highest BCUT2D eigenvalue weighted by Gasteiger charge is 2.20. The molecule has 7 nitrogen and oxygen atoms in total. The van der Waals surface area contributed by atoms with Crippen LogP contribution in [-0.2, 0) is 16.0 Å². The molecule has 0 bridgehead atoms. The van der Waals surface area contributed by atoms with Crippen molar-refractivity contribution in [2.75, 3.05) is 7.11 Å². The number of fused-ring (bicyclic) bond motifs is 1. The van der Waals surface area contributed by atoms with Crippen LogP contribution in [0.4, 0.5) is 0 Å². The molecule has 36 heavy (non-hydrogen) atoms. The second kappa shape index (κ2) is 12.2. The Morgan fingerprint density at radius 3 is 2.72 bits per heavy atom. The van der Waals surface area contributed by atoms with E-state index in [1.807, 2.05) is 55.5 Å². The molecule has 7 heteroatoms. The zero-order valence-electron chi connectivity index (χ0n) is 20.9. The van der Waals surface area contributed by atoms with E-state index in [9.17, 15) is 9.59 Å². The highest BCUT2D eigenvalue weighted by Crippen LogP contribution is 2.27. The van der Waals surface area contributed by atoms with Crippen LogP contribution in [-0.4, -0.2) is 28.8 Å². The number of nitrogens with one attached hydrogen (secondary N) is 2. The second-order valence-electron chi connectivity index (χ2n) is 8.96. The molecular weight excluding hydrogens is 454 g/mol. The Morgan fingerprint density at radius 2 is 1.94 bits per heavy atom. The minimum atomic E-state index is -0.255. The zero-order valence-corrected chi connectivity index (χ0v) is 20.9. The fourth-order valence-electron chi connectivity index (χ4n) is 4.33. The molecule has 4 aromatic rings. The quantitative estimate of drug-likeness (QED) is 0.220. The summed E-state index contributed by atoms with van der Waals surface area (Å²) in [6.07, 6.45) is 8.25. The first-order valence-electron chi connectivity index (χ1n) is 12.5. The van der Waals surface area contributed by atoms with E-state index < -0.39 is 0 Å². The predicted molar refractivity (Wildman–Crippen MR) is 140 cm³/mol. The Labute approximate surface area is 211 Å². The number of hydrogen-bond acceptors (Lipinski definition) is 5. The minimum absolute atomic E-state index is 0.0997. The Balaban J connectivity index is 1.44. The Kier molecular flexibility index (Phi) is 8.55. The number of furan rings is 1. The lowest BCUT2D eigenvalue weighted by Gasteiger charge is -2.17. The molecule has 0 aliphatic carbocycles. The van der Waals surface area contributed by atoms with E-state index in [4.69, 9.17) is 9.15 Å². The number of benzene rings is 2. The van der Waals surface area contributed by atoms with Crippen LogP contribution < -0.4 is 10.1 Å². The summed E-state index contributed by atoms with van der Waals surface area (Å²) in [7, 11) is 1.61. The van der Waals surface area contributed by atoms with E-state index in [-0.39, 0.29) is 18.4 Å². The van der Waals surface area contributed by atoms with Crippen molar-refractivity contribution >= 4 is 22.7 Å². The van der Waals surface area contributed by atoms with Crippen LogP contribution in [0.5, 0.6) is 5.75 Å². The van der Waals surface area contributed by atoms with Crippen LogP contribution in [0.1, 0.15) is 62.9 Å². The molecule has 0 aliphatic heterocycles. The number of imidazole rings is 1. The van der Waals surface area contributed by atoms with E-state index in [0.29, 0.717) is 30.0 Å². The number of ether oxygens (including phenoxy) is 1. The number of ketones is 1. The van der Waals surface area contributed by atoms with Crippen molar-refractivity contribution in [1.29, 1.82) is 0 Å². The number of amides is 1. The molecule has 4 rings (SSSR count). The molecule has 188 valence electrons. The maximum absolute atomic E-state index is 13.1. The number of carbonyl (C=O) groups is 2. The van der Waals surface area contributed by atoms with Crippen molar-refractivity contribution in [2.24, 2.45) is 0 Å². The van der Waals surface area contributed by atoms with Crippen molar-refractivity contribution in [3.05, 3.63) is 72.4 Å². The van der Waals surface area contributed by atoms with E-state index in [1.165, 1.54) is 0 Å². The molecule has 0 fully saturated rings. The first-order chi connectivity index (χ1) is 17.6. The maximum Gasteiger partial charge on any atom is 0.225 e. The van der Waals surface area contributed by atoms with E-state index in [0.717, 1.165) is 53.7 Å². The van der Waals surface area contributed by atoms with Gasteiger partial charge in [0.15, 0.2) is 0 Å². The average Bonchev–Trinajstić information content (AvgIpc) is 3.55. The SMILES string of the molecule is CCC(=O)CCCCC[C@H](NC(=O)Cc1coc2cc(OC)ccc12)c1ncc(-c2ccccc2)[nH]1. The van der Waals surface area contributed by atoms with Gasteiger partial charge in [-0.2, -0.15) is 0 Å². The molecule has 0 aliphatic rings. The van der Waals surface area contributed by atoms with Gasteiger partial charge >= 0.3 is 0 Å². The smallest absolute Gasteiger partial charge is 0.225 e. The van der Waals surface area contributed by atoms with Gasteiger partial charge in [-0.05, 0) is 30.5 Å². The van der Waals surface area contributed by atoms with Crippen molar-refractivity contribution in [2.45, 2.75) is 57.9 Å². The second-order valence-corrected chi connectivity index (χ2v) is 8.96. The fourth-order valence-corrected chi connectivity index (χ4v) is 4.33. The van der Waals surface area contributed by atoms with Gasteiger partial charge in [0.1, 0.15) is 22.9 Å². The molecule has 0 saturated heterocycles. The van der Waals surface area contributed by atoms with Crippen molar-refractivity contribution in [3.8, 4) is 17.0 Å². The molecule has 0 spiro atoms. The Bertz CT molecular complexity index is 1290. The summed E-state index contributed by atoms with van der Waals surface area (Å²) >= 11 is 0. The third kappa shape index (κ3) is 6.42. The van der Waals surface area contributed by atoms with Gasteiger partial charge < -0.3 is 19.5 Å². The lowest BCUT2D eigenvalue weighted by atomic mass is 10.0. The van der Waals surface area contributed by atoms with Gasteiger partial charge in [0, 0.05) is 29.9 Å². The highest BCUT2D eigenvalue weighted by atomic mass is 16.5. The molecule has 1 amide bonds. The largest absolute Gasteiger partial charge is 0.497 e. The summed E-state index contributed by atoms with van der Waals surface area (Å²) in [4.78, 5) is 32.7. The molecule has 2 aromatic heterocycles. The minimum Gasteiger partial charge on any atom is -0.497 e. The van der Waals surface area contributed by atoms with Crippen LogP contribution >= 0.6 is 0 Å². The number of unbranched alkanes of at least 4 members (excludes halogenated alkanes) is 2. The molecule has 2 aromatic carbocycles. The summed E-state index contributed by atoms with van der Waals surface area (Å²) in [5, 5.41) is 4.06. The summed E-state index contributed by atoms with van der Waals surface area (Å²) in [6, 6.07) is 15.3. The van der Waals surface area contributed by atoms with Gasteiger partial charge in [-0.15, -0.1) is 0 Å². The van der Waals surface area contributed by atoms with Gasteiger partial charge in [-0.3, -0.25) is 9.59 Å². The number of aromatic amines is 1. The van der Waals surface area contributed by atoms with Gasteiger partial charge in [0.25, 0.3) is 0 Å². The van der Waals surface area contributed by atoms with E-state index >= 15 is 0 Å². The molecule has 0 saturated carbocycles. The summed E-state index contributed by atoms with van der Waals surface area (Å²) < 4.78 is 10.9. The molecule has 0 unspecified atom stereocenters. The van der Waals surface area contributed by atoms with Crippen molar-refractivity contribution in [3.63, 3.8) is 0 Å². The maximum atomic E-state index is 13.1. The first-order valence-corrected chi connectivity index (χ1v) is 12.5. The number of rotatable bonds is 13. The number of H-pyrrole nitrogens is 1. The van der Waals surface area contributed by atoms with Gasteiger partial charge in [-0.25, -0.2) is 4.98 Å². The lowest BCUT2D eigenvalue weighted by molar-refractivity contribution is -0.121. The molecule has 2 heterocycles. The molecule has 0 radical (unpaired) electrons. The van der Waals surface area contributed by atoms with Crippen molar-refractivity contribution in [1.82, 2.24) is 15.3 Å². The highest BCUT2D eigenvalue weighted by molar-refractivity contribution is 5.88. The lowest BCUT2D eigenvalue weighted by Crippen LogP contribution is -2.30. The summed E-state index contributed by atoms with van der Waals surface area (Å²) in [5.74, 6) is 1.63. The number of aromatic nitrogens is 2. The van der Waals surface area contributed by atoms with E-state index in [2.05, 4.69) is 15.3 Å². The van der Waals surface area contributed by atoms with Gasteiger partial charge in [0.2, 0.25) is 5.91 Å². The Hall–Kier alpha value is -3.87. The molecular formula is C29H33N3O4. The van der Waals surface area contributed by atoms with Crippen LogP contribution in [0.15, 0.2) is 65.4 Å². The Morgan fingerprint density at radius 1 is 1.11 bits per heavy atom. The zero-order chi connectivity index (χ0) is 25.3. The normalized spacial score (nSPS) is 11.9. The number of methoxy groups -OCH3 is 1. The number of hydrogen-bond donors (Lipinski definition) is 2. The fraction of sp³-hybridized carbons (Fsp3) is 0.345.